The van der Waals surface area contributed by atoms with Gasteiger partial charge in [0, 0.05) is 9.35 Å². The maximum atomic E-state index is 6.17. The van der Waals surface area contributed by atoms with Crippen LogP contribution < -0.4 is 5.32 Å². The molecule has 0 radical (unpaired) electrons. The van der Waals surface area contributed by atoms with E-state index in [0.29, 0.717) is 5.92 Å². The Bertz CT molecular complexity index is 543. The van der Waals surface area contributed by atoms with E-state index >= 15 is 0 Å². The highest BCUT2D eigenvalue weighted by molar-refractivity contribution is 9.10. The molecule has 1 atom stereocenters. The number of halogens is 2. The van der Waals surface area contributed by atoms with Crippen molar-refractivity contribution >= 4 is 38.9 Å². The van der Waals surface area contributed by atoms with Gasteiger partial charge in [0.25, 0.3) is 0 Å². The second-order valence-corrected chi connectivity index (χ2v) is 7.62. The van der Waals surface area contributed by atoms with Crippen LogP contribution in [0.25, 0.3) is 0 Å². The Morgan fingerprint density at radius 2 is 1.80 bits per heavy atom. The summed E-state index contributed by atoms with van der Waals surface area (Å²) in [5.41, 5.74) is 2.65. The zero-order valence-electron chi connectivity index (χ0n) is 11.9. The molecule has 0 saturated carbocycles. The molecular formula is C16H19BrClNS. The summed E-state index contributed by atoms with van der Waals surface area (Å²) in [7, 11) is 0. The van der Waals surface area contributed by atoms with Gasteiger partial charge in [-0.25, -0.2) is 0 Å². The third-order valence-corrected chi connectivity index (χ3v) is 5.83. The molecule has 1 aromatic carbocycles. The van der Waals surface area contributed by atoms with Crippen LogP contribution >= 0.6 is 38.9 Å². The van der Waals surface area contributed by atoms with E-state index in [1.54, 1.807) is 11.3 Å². The average molecular weight is 373 g/mol. The summed E-state index contributed by atoms with van der Waals surface area (Å²) in [5.74, 6) is 0.562. The van der Waals surface area contributed by atoms with Crippen LogP contribution in [0.5, 0.6) is 0 Å². The van der Waals surface area contributed by atoms with E-state index in [-0.39, 0.29) is 6.04 Å². The van der Waals surface area contributed by atoms with Crippen molar-refractivity contribution in [3.8, 4) is 0 Å². The maximum Gasteiger partial charge on any atom is 0.107 e. The molecule has 0 aliphatic rings. The molecule has 4 heteroatoms. The van der Waals surface area contributed by atoms with Crippen LogP contribution in [0.2, 0.25) is 4.34 Å². The lowest BCUT2D eigenvalue weighted by molar-refractivity contribution is 0.639. The van der Waals surface area contributed by atoms with Crippen molar-refractivity contribution in [3.63, 3.8) is 0 Å². The number of benzene rings is 1. The molecule has 0 aliphatic carbocycles. The Hall–Kier alpha value is -0.350. The van der Waals surface area contributed by atoms with Gasteiger partial charge in [-0.2, -0.15) is 0 Å². The van der Waals surface area contributed by atoms with Gasteiger partial charge >= 0.3 is 0 Å². The third kappa shape index (κ3) is 3.64. The smallest absolute Gasteiger partial charge is 0.107 e. The number of hydrogen-bond acceptors (Lipinski definition) is 2. The monoisotopic (exact) mass is 371 g/mol. The third-order valence-electron chi connectivity index (χ3n) is 3.29. The molecule has 0 saturated heterocycles. The van der Waals surface area contributed by atoms with Crippen LogP contribution in [-0.2, 0) is 0 Å². The zero-order chi connectivity index (χ0) is 14.7. The molecular weight excluding hydrogens is 354 g/mol. The lowest BCUT2D eigenvalue weighted by atomic mass is 9.98. The Labute approximate surface area is 138 Å². The average Bonchev–Trinajstić information content (AvgIpc) is 2.76. The van der Waals surface area contributed by atoms with Crippen molar-refractivity contribution in [2.24, 2.45) is 0 Å². The fourth-order valence-corrected chi connectivity index (χ4v) is 4.01. The van der Waals surface area contributed by atoms with Gasteiger partial charge in [0.05, 0.1) is 6.04 Å². The molecule has 0 bridgehead atoms. The Morgan fingerprint density at radius 1 is 1.20 bits per heavy atom. The Kier molecular flexibility index (Phi) is 5.67. The van der Waals surface area contributed by atoms with Crippen LogP contribution in [-0.4, -0.2) is 6.54 Å². The molecule has 1 aromatic heterocycles. The second-order valence-electron chi connectivity index (χ2n) is 5.08. The van der Waals surface area contributed by atoms with E-state index in [1.807, 2.05) is 0 Å². The second kappa shape index (κ2) is 7.08. The number of nitrogens with one attached hydrogen (secondary N) is 1. The molecule has 0 fully saturated rings. The molecule has 1 unspecified atom stereocenters. The quantitative estimate of drug-likeness (QED) is 0.680. The molecule has 1 nitrogen and oxygen atoms in total. The summed E-state index contributed by atoms with van der Waals surface area (Å²) in [6.45, 7) is 7.48. The first-order chi connectivity index (χ1) is 9.52. The van der Waals surface area contributed by atoms with E-state index in [0.717, 1.165) is 15.4 Å². The van der Waals surface area contributed by atoms with Crippen molar-refractivity contribution in [2.45, 2.75) is 32.7 Å². The number of thiophene rings is 1. The summed E-state index contributed by atoms with van der Waals surface area (Å²) in [5, 5.41) is 3.54. The number of rotatable bonds is 5. The normalized spacial score (nSPS) is 12.9. The van der Waals surface area contributed by atoms with Crippen molar-refractivity contribution in [3.05, 3.63) is 55.1 Å². The number of hydrogen-bond donors (Lipinski definition) is 1. The first-order valence-electron chi connectivity index (χ1n) is 6.80. The molecule has 20 heavy (non-hydrogen) atoms. The van der Waals surface area contributed by atoms with E-state index < -0.39 is 0 Å². The fraction of sp³-hybridized carbons (Fsp3) is 0.375. The van der Waals surface area contributed by atoms with Gasteiger partial charge in [0.15, 0.2) is 0 Å². The predicted octanol–water partition coefficient (Wildman–Crippen LogP) is 5.99. The van der Waals surface area contributed by atoms with Gasteiger partial charge in [-0.1, -0.05) is 56.6 Å². The largest absolute Gasteiger partial charge is 0.306 e. The van der Waals surface area contributed by atoms with Crippen LogP contribution in [0, 0.1) is 0 Å². The van der Waals surface area contributed by atoms with Crippen LogP contribution in [0.15, 0.2) is 34.8 Å². The minimum Gasteiger partial charge on any atom is -0.306 e. The molecule has 1 heterocycles. The SMILES string of the molecule is CCNC(c1ccc(C(C)C)cc1)c1cc(Br)c(Cl)s1. The topological polar surface area (TPSA) is 12.0 Å². The van der Waals surface area contributed by atoms with Gasteiger partial charge in [-0.05, 0) is 45.6 Å². The van der Waals surface area contributed by atoms with Crippen molar-refractivity contribution in [1.82, 2.24) is 5.32 Å². The fourth-order valence-electron chi connectivity index (χ4n) is 2.17. The van der Waals surface area contributed by atoms with Crippen molar-refractivity contribution in [2.75, 3.05) is 6.54 Å². The summed E-state index contributed by atoms with van der Waals surface area (Å²) in [4.78, 5) is 1.24. The lowest BCUT2D eigenvalue weighted by Crippen LogP contribution is -2.21. The van der Waals surface area contributed by atoms with Crippen LogP contribution in [0.1, 0.15) is 48.7 Å². The van der Waals surface area contributed by atoms with Crippen LogP contribution in [0.3, 0.4) is 0 Å². The first-order valence-corrected chi connectivity index (χ1v) is 8.79. The molecule has 2 aromatic rings. The Morgan fingerprint density at radius 3 is 2.25 bits per heavy atom. The lowest BCUT2D eigenvalue weighted by Gasteiger charge is -2.18. The highest BCUT2D eigenvalue weighted by Gasteiger charge is 2.17. The highest BCUT2D eigenvalue weighted by Crippen LogP contribution is 2.37. The van der Waals surface area contributed by atoms with E-state index in [2.05, 4.69) is 72.3 Å². The molecule has 0 aliphatic heterocycles. The minimum absolute atomic E-state index is 0.204. The molecule has 108 valence electrons. The standard InChI is InChI=1S/C16H19BrClNS/c1-4-19-15(14-9-13(17)16(18)20-14)12-7-5-11(6-8-12)10(2)3/h5-10,15,19H,4H2,1-3H3. The molecule has 0 spiro atoms. The van der Waals surface area contributed by atoms with E-state index in [9.17, 15) is 0 Å². The van der Waals surface area contributed by atoms with Gasteiger partial charge in [0.1, 0.15) is 4.34 Å². The van der Waals surface area contributed by atoms with Crippen molar-refractivity contribution < 1.29 is 0 Å². The summed E-state index contributed by atoms with van der Waals surface area (Å²) in [6.07, 6.45) is 0. The minimum atomic E-state index is 0.204. The van der Waals surface area contributed by atoms with Gasteiger partial charge in [0.2, 0.25) is 0 Å². The Balaban J connectivity index is 2.32. The highest BCUT2D eigenvalue weighted by atomic mass is 79.9. The molecule has 0 amide bonds. The van der Waals surface area contributed by atoms with Crippen LogP contribution in [0.4, 0.5) is 0 Å². The maximum absolute atomic E-state index is 6.17. The summed E-state index contributed by atoms with van der Waals surface area (Å²) < 4.78 is 1.78. The van der Waals surface area contributed by atoms with Gasteiger partial charge in [-0.15, -0.1) is 11.3 Å². The zero-order valence-corrected chi connectivity index (χ0v) is 15.1. The van der Waals surface area contributed by atoms with E-state index in [1.165, 1.54) is 16.0 Å². The van der Waals surface area contributed by atoms with E-state index in [4.69, 9.17) is 11.6 Å². The molecule has 2 rings (SSSR count). The predicted molar refractivity (Wildman–Crippen MR) is 93.1 cm³/mol. The summed E-state index contributed by atoms with van der Waals surface area (Å²) >= 11 is 11.3. The van der Waals surface area contributed by atoms with Crippen molar-refractivity contribution in [1.29, 1.82) is 0 Å². The first kappa shape index (κ1) is 16.0. The summed E-state index contributed by atoms with van der Waals surface area (Å²) in [6, 6.07) is 11.2. The molecule has 1 N–H and O–H groups in total. The van der Waals surface area contributed by atoms with Gasteiger partial charge < -0.3 is 5.32 Å². The van der Waals surface area contributed by atoms with Gasteiger partial charge in [-0.3, -0.25) is 0 Å².